The normalized spacial score (nSPS) is 31.3. The topological polar surface area (TPSA) is 43.4 Å². The molecule has 2 rings (SSSR count). The van der Waals surface area contributed by atoms with E-state index in [2.05, 4.69) is 6.92 Å². The van der Waals surface area contributed by atoms with Gasteiger partial charge in [-0.15, -0.1) is 0 Å². The van der Waals surface area contributed by atoms with Crippen LogP contribution in [-0.4, -0.2) is 18.4 Å². The highest BCUT2D eigenvalue weighted by atomic mass is 16.5. The molecule has 0 aliphatic heterocycles. The molecule has 16 heavy (non-hydrogen) atoms. The van der Waals surface area contributed by atoms with Crippen LogP contribution in [0.2, 0.25) is 0 Å². The lowest BCUT2D eigenvalue weighted by Gasteiger charge is -2.05. The molecular formula is C13H20O3. The van der Waals surface area contributed by atoms with Crippen molar-refractivity contribution in [3.05, 3.63) is 0 Å². The summed E-state index contributed by atoms with van der Waals surface area (Å²) < 4.78 is 5.21. The lowest BCUT2D eigenvalue weighted by molar-refractivity contribution is -0.147. The number of carbonyl (C=O) groups excluding carboxylic acids is 2. The van der Waals surface area contributed by atoms with Gasteiger partial charge in [-0.2, -0.15) is 0 Å². The number of ether oxygens (including phenoxy) is 1. The van der Waals surface area contributed by atoms with Crippen LogP contribution in [0.25, 0.3) is 0 Å². The van der Waals surface area contributed by atoms with Crippen LogP contribution in [-0.2, 0) is 14.3 Å². The number of fused-ring (bicyclic) bond motifs is 1. The summed E-state index contributed by atoms with van der Waals surface area (Å²) in [6.07, 6.45) is 6.05. The van der Waals surface area contributed by atoms with Gasteiger partial charge < -0.3 is 4.74 Å². The lowest BCUT2D eigenvalue weighted by atomic mass is 10.1. The standard InChI is InChI=1S/C13H20O3/c1-2-3-4-5-8-16-13(15)12-9-6-7-10(14)11(9)12/h9,11-12H,2-8H2,1H3/t9-,11-,12+/m1/s1. The molecular weight excluding hydrogens is 204 g/mol. The van der Waals surface area contributed by atoms with Gasteiger partial charge in [-0.25, -0.2) is 0 Å². The molecule has 0 aromatic heterocycles. The van der Waals surface area contributed by atoms with Crippen LogP contribution in [0, 0.1) is 17.8 Å². The number of hydrogen-bond donors (Lipinski definition) is 0. The van der Waals surface area contributed by atoms with Gasteiger partial charge in [0.05, 0.1) is 12.5 Å². The van der Waals surface area contributed by atoms with E-state index in [0.29, 0.717) is 18.9 Å². The first-order valence-corrected chi connectivity index (χ1v) is 6.45. The van der Waals surface area contributed by atoms with Gasteiger partial charge in [0.15, 0.2) is 0 Å². The maximum absolute atomic E-state index is 11.6. The van der Waals surface area contributed by atoms with Crippen molar-refractivity contribution in [3.8, 4) is 0 Å². The van der Waals surface area contributed by atoms with Crippen LogP contribution in [0.3, 0.4) is 0 Å². The van der Waals surface area contributed by atoms with Crippen molar-refractivity contribution in [2.75, 3.05) is 6.61 Å². The van der Waals surface area contributed by atoms with E-state index >= 15 is 0 Å². The van der Waals surface area contributed by atoms with Crippen molar-refractivity contribution in [3.63, 3.8) is 0 Å². The Hall–Kier alpha value is -0.860. The molecule has 0 N–H and O–H groups in total. The van der Waals surface area contributed by atoms with Gasteiger partial charge in [0.1, 0.15) is 5.78 Å². The third-order valence-corrected chi connectivity index (χ3v) is 3.78. The van der Waals surface area contributed by atoms with Crippen molar-refractivity contribution in [2.45, 2.75) is 45.4 Å². The van der Waals surface area contributed by atoms with Crippen LogP contribution < -0.4 is 0 Å². The Morgan fingerprint density at radius 1 is 1.38 bits per heavy atom. The Kier molecular flexibility index (Phi) is 3.62. The molecule has 3 atom stereocenters. The zero-order valence-electron chi connectivity index (χ0n) is 9.91. The molecule has 3 nitrogen and oxygen atoms in total. The van der Waals surface area contributed by atoms with E-state index in [4.69, 9.17) is 4.74 Å². The van der Waals surface area contributed by atoms with Crippen molar-refractivity contribution in [1.82, 2.24) is 0 Å². The predicted molar refractivity (Wildman–Crippen MR) is 59.8 cm³/mol. The van der Waals surface area contributed by atoms with Crippen molar-refractivity contribution in [1.29, 1.82) is 0 Å². The number of rotatable bonds is 6. The molecule has 2 aliphatic carbocycles. The Labute approximate surface area is 96.5 Å². The molecule has 0 radical (unpaired) electrons. The number of carbonyl (C=O) groups is 2. The Morgan fingerprint density at radius 3 is 2.81 bits per heavy atom. The Bertz CT molecular complexity index is 285. The highest BCUT2D eigenvalue weighted by Crippen LogP contribution is 2.55. The molecule has 0 saturated heterocycles. The summed E-state index contributed by atoms with van der Waals surface area (Å²) in [4.78, 5) is 23.0. The third kappa shape index (κ3) is 2.28. The number of hydrogen-bond acceptors (Lipinski definition) is 3. The molecule has 2 fully saturated rings. The fraction of sp³-hybridized carbons (Fsp3) is 0.846. The van der Waals surface area contributed by atoms with E-state index in [9.17, 15) is 9.59 Å². The maximum atomic E-state index is 11.6. The first kappa shape index (κ1) is 11.6. The van der Waals surface area contributed by atoms with E-state index in [-0.39, 0.29) is 23.6 Å². The molecule has 0 spiro atoms. The average molecular weight is 224 g/mol. The predicted octanol–water partition coefficient (Wildman–Crippen LogP) is 2.33. The largest absolute Gasteiger partial charge is 0.465 e. The van der Waals surface area contributed by atoms with Gasteiger partial charge in [0, 0.05) is 12.3 Å². The quantitative estimate of drug-likeness (QED) is 0.513. The SMILES string of the molecule is CCCCCCOC(=O)[C@H]1[C@@H]2CCC(=O)[C@@H]21. The fourth-order valence-electron chi connectivity index (χ4n) is 2.77. The van der Waals surface area contributed by atoms with Crippen molar-refractivity contribution in [2.24, 2.45) is 17.8 Å². The average Bonchev–Trinajstić information content (AvgIpc) is 2.89. The number of unbranched alkanes of at least 4 members (excludes halogenated alkanes) is 3. The molecule has 0 amide bonds. The summed E-state index contributed by atoms with van der Waals surface area (Å²) in [5, 5.41) is 0. The van der Waals surface area contributed by atoms with E-state index in [0.717, 1.165) is 19.3 Å². The summed E-state index contributed by atoms with van der Waals surface area (Å²) in [5.74, 6) is 0.434. The Balaban J connectivity index is 1.61. The van der Waals surface area contributed by atoms with Crippen LogP contribution in [0.5, 0.6) is 0 Å². The fourth-order valence-corrected chi connectivity index (χ4v) is 2.77. The summed E-state index contributed by atoms with van der Waals surface area (Å²) >= 11 is 0. The first-order valence-electron chi connectivity index (χ1n) is 6.45. The van der Waals surface area contributed by atoms with Gasteiger partial charge >= 0.3 is 5.97 Å². The van der Waals surface area contributed by atoms with E-state index < -0.39 is 0 Å². The second kappa shape index (κ2) is 4.98. The summed E-state index contributed by atoms with van der Waals surface area (Å²) in [6, 6.07) is 0. The zero-order valence-corrected chi connectivity index (χ0v) is 9.91. The number of esters is 1. The second-order valence-electron chi connectivity index (χ2n) is 4.95. The van der Waals surface area contributed by atoms with Crippen LogP contribution >= 0.6 is 0 Å². The summed E-state index contributed by atoms with van der Waals surface area (Å²) in [7, 11) is 0. The minimum atomic E-state index is -0.125. The molecule has 0 aromatic carbocycles. The molecule has 0 unspecified atom stereocenters. The van der Waals surface area contributed by atoms with Gasteiger partial charge in [-0.05, 0) is 18.8 Å². The maximum Gasteiger partial charge on any atom is 0.309 e. The molecule has 3 heteroatoms. The highest BCUT2D eigenvalue weighted by Gasteiger charge is 2.62. The minimum Gasteiger partial charge on any atom is -0.465 e. The van der Waals surface area contributed by atoms with Gasteiger partial charge in [-0.1, -0.05) is 26.2 Å². The summed E-state index contributed by atoms with van der Waals surface area (Å²) in [6.45, 7) is 2.69. The van der Waals surface area contributed by atoms with Gasteiger partial charge in [0.25, 0.3) is 0 Å². The lowest BCUT2D eigenvalue weighted by Crippen LogP contribution is -2.13. The summed E-state index contributed by atoms with van der Waals surface area (Å²) in [5.41, 5.74) is 0. The molecule has 0 heterocycles. The molecule has 90 valence electrons. The highest BCUT2D eigenvalue weighted by molar-refractivity contribution is 5.94. The van der Waals surface area contributed by atoms with Crippen molar-refractivity contribution >= 4 is 11.8 Å². The number of ketones is 1. The smallest absolute Gasteiger partial charge is 0.309 e. The van der Waals surface area contributed by atoms with Crippen LogP contribution in [0.4, 0.5) is 0 Å². The van der Waals surface area contributed by atoms with Gasteiger partial charge in [0.2, 0.25) is 0 Å². The van der Waals surface area contributed by atoms with E-state index in [1.807, 2.05) is 0 Å². The first-order chi connectivity index (χ1) is 7.75. The van der Waals surface area contributed by atoms with E-state index in [1.165, 1.54) is 12.8 Å². The molecule has 2 saturated carbocycles. The van der Waals surface area contributed by atoms with E-state index in [1.54, 1.807) is 0 Å². The Morgan fingerprint density at radius 2 is 2.19 bits per heavy atom. The molecule has 2 aliphatic rings. The monoisotopic (exact) mass is 224 g/mol. The van der Waals surface area contributed by atoms with Crippen LogP contribution in [0.15, 0.2) is 0 Å². The molecule has 0 aromatic rings. The minimum absolute atomic E-state index is 0.0307. The second-order valence-corrected chi connectivity index (χ2v) is 4.95. The van der Waals surface area contributed by atoms with Gasteiger partial charge in [-0.3, -0.25) is 9.59 Å². The van der Waals surface area contributed by atoms with Crippen molar-refractivity contribution < 1.29 is 14.3 Å². The van der Waals surface area contributed by atoms with Crippen LogP contribution in [0.1, 0.15) is 45.4 Å². The zero-order chi connectivity index (χ0) is 11.5. The number of Topliss-reactive ketones (excluding diaryl/α,β-unsaturated/α-hetero) is 1. The molecule has 0 bridgehead atoms. The third-order valence-electron chi connectivity index (χ3n) is 3.78.